The Kier molecular flexibility index (Phi) is 4.13. The molecule has 0 saturated carbocycles. The number of carbonyl (C=O) groups is 1. The van der Waals surface area contributed by atoms with E-state index in [4.69, 9.17) is 5.73 Å². The number of aliphatic hydroxyl groups is 1. The summed E-state index contributed by atoms with van der Waals surface area (Å²) in [6.45, 7) is 3.93. The summed E-state index contributed by atoms with van der Waals surface area (Å²) in [5.74, 6) is -0.529. The number of primary amides is 1. The molecule has 0 aliphatic carbocycles. The molecule has 0 bridgehead atoms. The molecule has 0 atom stereocenters. The second-order valence-electron chi connectivity index (χ2n) is 6.71. The molecule has 3 rings (SSSR count). The summed E-state index contributed by atoms with van der Waals surface area (Å²) in [6.07, 6.45) is 1.53. The third-order valence-electron chi connectivity index (χ3n) is 3.94. The van der Waals surface area contributed by atoms with E-state index in [1.807, 2.05) is 13.8 Å². The molecule has 1 aromatic carbocycles. The number of fused-ring (bicyclic) bond motifs is 1. The average Bonchev–Trinajstić information content (AvgIpc) is 2.89. The highest BCUT2D eigenvalue weighted by Gasteiger charge is 2.21. The van der Waals surface area contributed by atoms with Crippen LogP contribution in [0.25, 0.3) is 22.6 Å². The van der Waals surface area contributed by atoms with E-state index >= 15 is 0 Å². The molecule has 4 N–H and O–H groups in total. The molecule has 3 aromatic rings. The van der Waals surface area contributed by atoms with Crippen LogP contribution in [0.15, 0.2) is 35.3 Å². The summed E-state index contributed by atoms with van der Waals surface area (Å²) in [6, 6.07) is 6.74. The van der Waals surface area contributed by atoms with E-state index in [0.29, 0.717) is 34.7 Å². The highest BCUT2D eigenvalue weighted by molar-refractivity contribution is 5.94. The lowest BCUT2D eigenvalue weighted by molar-refractivity contribution is 0.100. The van der Waals surface area contributed by atoms with E-state index in [-0.39, 0.29) is 12.3 Å². The van der Waals surface area contributed by atoms with Gasteiger partial charge in [0, 0.05) is 29.7 Å². The Bertz CT molecular complexity index is 1000. The summed E-state index contributed by atoms with van der Waals surface area (Å²) < 4.78 is 1.46. The zero-order chi connectivity index (χ0) is 18.2. The van der Waals surface area contributed by atoms with E-state index in [0.717, 1.165) is 0 Å². The van der Waals surface area contributed by atoms with Gasteiger partial charge in [0.15, 0.2) is 11.3 Å². The van der Waals surface area contributed by atoms with Crippen molar-refractivity contribution in [2.45, 2.75) is 20.4 Å². The van der Waals surface area contributed by atoms with E-state index in [1.165, 1.54) is 10.8 Å². The molecule has 25 heavy (non-hydrogen) atoms. The van der Waals surface area contributed by atoms with Crippen molar-refractivity contribution >= 4 is 17.2 Å². The number of carbonyl (C=O) groups excluding carboxylic acids is 1. The summed E-state index contributed by atoms with van der Waals surface area (Å²) in [4.78, 5) is 35.0. The van der Waals surface area contributed by atoms with Gasteiger partial charge in [-0.1, -0.05) is 26.0 Å². The first-order valence-corrected chi connectivity index (χ1v) is 7.77. The Hall–Kier alpha value is -3.00. The molecule has 8 nitrogen and oxygen atoms in total. The zero-order valence-electron chi connectivity index (χ0n) is 14.0. The topological polar surface area (TPSA) is 127 Å². The SMILES string of the molecule is CC(C)(CO)Cn1c(=O)[nH]c2ncc(-c3cccc(C(N)=O)c3)nc21. The second-order valence-corrected chi connectivity index (χ2v) is 6.71. The van der Waals surface area contributed by atoms with Gasteiger partial charge in [-0.25, -0.2) is 14.8 Å². The minimum atomic E-state index is -0.529. The third-order valence-corrected chi connectivity index (χ3v) is 3.94. The number of aromatic nitrogens is 4. The molecular formula is C17H19N5O3. The first-order chi connectivity index (χ1) is 11.8. The summed E-state index contributed by atoms with van der Waals surface area (Å²) in [7, 11) is 0. The number of amides is 1. The summed E-state index contributed by atoms with van der Waals surface area (Å²) in [5.41, 5.74) is 6.82. The lowest BCUT2D eigenvalue weighted by atomic mass is 9.95. The van der Waals surface area contributed by atoms with Gasteiger partial charge in [0.05, 0.1) is 11.9 Å². The Labute approximate surface area is 143 Å². The number of nitrogens with zero attached hydrogens (tertiary/aromatic N) is 3. The fourth-order valence-corrected chi connectivity index (χ4v) is 2.52. The predicted molar refractivity (Wildman–Crippen MR) is 93.0 cm³/mol. The van der Waals surface area contributed by atoms with Gasteiger partial charge in [-0.05, 0) is 12.1 Å². The van der Waals surface area contributed by atoms with E-state index < -0.39 is 11.3 Å². The van der Waals surface area contributed by atoms with Crippen molar-refractivity contribution in [2.75, 3.05) is 6.61 Å². The van der Waals surface area contributed by atoms with Crippen molar-refractivity contribution in [3.8, 4) is 11.3 Å². The zero-order valence-corrected chi connectivity index (χ0v) is 14.0. The van der Waals surface area contributed by atoms with Gasteiger partial charge in [0.25, 0.3) is 0 Å². The van der Waals surface area contributed by atoms with Gasteiger partial charge in [0.2, 0.25) is 5.91 Å². The Balaban J connectivity index is 2.12. The molecule has 2 heterocycles. The number of imidazole rings is 1. The van der Waals surface area contributed by atoms with Gasteiger partial charge in [-0.3, -0.25) is 14.3 Å². The van der Waals surface area contributed by atoms with E-state index in [1.54, 1.807) is 24.3 Å². The Morgan fingerprint density at radius 2 is 2.16 bits per heavy atom. The molecule has 1 amide bonds. The van der Waals surface area contributed by atoms with Crippen molar-refractivity contribution in [3.63, 3.8) is 0 Å². The maximum absolute atomic E-state index is 12.2. The normalized spacial score (nSPS) is 11.8. The lowest BCUT2D eigenvalue weighted by Crippen LogP contribution is -2.29. The molecule has 0 spiro atoms. The molecule has 0 saturated heterocycles. The van der Waals surface area contributed by atoms with Crippen LogP contribution in [0.1, 0.15) is 24.2 Å². The fraction of sp³-hybridized carbons (Fsp3) is 0.294. The van der Waals surface area contributed by atoms with E-state index in [9.17, 15) is 14.7 Å². The molecule has 0 unspecified atom stereocenters. The monoisotopic (exact) mass is 341 g/mol. The summed E-state index contributed by atoms with van der Waals surface area (Å²) in [5, 5.41) is 9.47. The minimum absolute atomic E-state index is 0.0696. The van der Waals surface area contributed by atoms with Gasteiger partial charge in [-0.15, -0.1) is 0 Å². The van der Waals surface area contributed by atoms with Crippen LogP contribution < -0.4 is 11.4 Å². The first kappa shape index (κ1) is 16.8. The van der Waals surface area contributed by atoms with Crippen LogP contribution in [-0.4, -0.2) is 37.1 Å². The number of benzene rings is 1. The summed E-state index contributed by atoms with van der Waals surface area (Å²) >= 11 is 0. The fourth-order valence-electron chi connectivity index (χ4n) is 2.52. The molecular weight excluding hydrogens is 322 g/mol. The van der Waals surface area contributed by atoms with Crippen molar-refractivity contribution in [1.29, 1.82) is 0 Å². The molecule has 8 heteroatoms. The maximum Gasteiger partial charge on any atom is 0.328 e. The standard InChI is InChI=1S/C17H19N5O3/c1-17(2,9-23)8-22-15-14(21-16(22)25)19-7-12(20-15)10-4-3-5-11(6-10)13(18)24/h3-7,23H,8-9H2,1-2H3,(H2,18,24)(H,19,21,25). The van der Waals surface area contributed by atoms with Crippen molar-refractivity contribution in [2.24, 2.45) is 11.1 Å². The number of aliphatic hydroxyl groups excluding tert-OH is 1. The number of aromatic amines is 1. The largest absolute Gasteiger partial charge is 0.396 e. The first-order valence-electron chi connectivity index (χ1n) is 7.77. The van der Waals surface area contributed by atoms with Crippen LogP contribution >= 0.6 is 0 Å². The average molecular weight is 341 g/mol. The number of H-pyrrole nitrogens is 1. The van der Waals surface area contributed by atoms with Crippen LogP contribution in [0.5, 0.6) is 0 Å². The number of nitrogens with two attached hydrogens (primary N) is 1. The number of hydrogen-bond donors (Lipinski definition) is 3. The number of rotatable bonds is 5. The van der Waals surface area contributed by atoms with Crippen molar-refractivity contribution < 1.29 is 9.90 Å². The Morgan fingerprint density at radius 1 is 1.40 bits per heavy atom. The number of nitrogens with one attached hydrogen (secondary N) is 1. The van der Waals surface area contributed by atoms with Crippen molar-refractivity contribution in [1.82, 2.24) is 19.5 Å². The molecule has 0 aliphatic heterocycles. The van der Waals surface area contributed by atoms with Crippen LogP contribution in [0.4, 0.5) is 0 Å². The van der Waals surface area contributed by atoms with Crippen molar-refractivity contribution in [3.05, 3.63) is 46.5 Å². The highest BCUT2D eigenvalue weighted by Crippen LogP contribution is 2.21. The molecule has 0 radical (unpaired) electrons. The third kappa shape index (κ3) is 3.29. The quantitative estimate of drug-likeness (QED) is 0.635. The van der Waals surface area contributed by atoms with Gasteiger partial charge in [-0.2, -0.15) is 0 Å². The van der Waals surface area contributed by atoms with Crippen LogP contribution in [0, 0.1) is 5.41 Å². The van der Waals surface area contributed by atoms with E-state index in [2.05, 4.69) is 15.0 Å². The van der Waals surface area contributed by atoms with Crippen LogP contribution in [-0.2, 0) is 6.54 Å². The lowest BCUT2D eigenvalue weighted by Gasteiger charge is -2.21. The molecule has 0 fully saturated rings. The van der Waals surface area contributed by atoms with Gasteiger partial charge < -0.3 is 10.8 Å². The van der Waals surface area contributed by atoms with Crippen LogP contribution in [0.2, 0.25) is 0 Å². The van der Waals surface area contributed by atoms with Gasteiger partial charge in [0.1, 0.15) is 0 Å². The smallest absolute Gasteiger partial charge is 0.328 e. The maximum atomic E-state index is 12.2. The molecule has 0 aliphatic rings. The molecule has 130 valence electrons. The second kappa shape index (κ2) is 6.14. The van der Waals surface area contributed by atoms with Gasteiger partial charge >= 0.3 is 5.69 Å². The Morgan fingerprint density at radius 3 is 2.84 bits per heavy atom. The minimum Gasteiger partial charge on any atom is -0.396 e. The highest BCUT2D eigenvalue weighted by atomic mass is 16.3. The van der Waals surface area contributed by atoms with Crippen LogP contribution in [0.3, 0.4) is 0 Å². The predicted octanol–water partition coefficient (Wildman–Crippen LogP) is 0.904. The molecule has 2 aromatic heterocycles. The number of hydrogen-bond acceptors (Lipinski definition) is 5.